The lowest BCUT2D eigenvalue weighted by Gasteiger charge is -2.44. The van der Waals surface area contributed by atoms with Gasteiger partial charge in [0.15, 0.2) is 76.4 Å². The van der Waals surface area contributed by atoms with Gasteiger partial charge in [-0.05, 0) is 12.8 Å². The predicted molar refractivity (Wildman–Crippen MR) is 171 cm³/mol. The minimum Gasteiger partial charge on any atom is -0.271 e. The summed E-state index contributed by atoms with van der Waals surface area (Å²) >= 11 is 0. The topological polar surface area (TPSA) is 13.1 Å². The summed E-state index contributed by atoms with van der Waals surface area (Å²) in [5.74, 6) is -71.4. The van der Waals surface area contributed by atoms with Gasteiger partial charge in [-0.3, -0.25) is 4.84 Å². The highest BCUT2D eigenvalue weighted by molar-refractivity contribution is 7.20. The number of aromatic nitrogens is 1. The first kappa shape index (κ1) is 47.2. The molecule has 0 unspecified atom stereocenters. The fourth-order valence-electron chi connectivity index (χ4n) is 6.40. The van der Waals surface area contributed by atoms with Crippen LogP contribution in [0, 0.1) is 116 Å². The molecule has 2 nitrogen and oxygen atoms in total. The van der Waals surface area contributed by atoms with E-state index < -0.39 is 144 Å². The van der Waals surface area contributed by atoms with E-state index in [0.717, 1.165) is 13.0 Å². The van der Waals surface area contributed by atoms with Gasteiger partial charge < -0.3 is 0 Å². The minimum atomic E-state index is -7.22. The highest BCUT2D eigenvalue weighted by Gasteiger charge is 2.52. The van der Waals surface area contributed by atoms with Gasteiger partial charge in [-0.2, -0.15) is 0 Å². The van der Waals surface area contributed by atoms with E-state index in [1.54, 1.807) is 4.73 Å². The summed E-state index contributed by atoms with van der Waals surface area (Å²) in [6.07, 6.45) is 4.48. The molecule has 0 atom stereocenters. The maximum absolute atomic E-state index is 15.4. The van der Waals surface area contributed by atoms with Crippen molar-refractivity contribution < 1.29 is 97.4 Å². The van der Waals surface area contributed by atoms with Crippen LogP contribution in [0.5, 0.6) is 0 Å². The van der Waals surface area contributed by atoms with Crippen LogP contribution in [0.3, 0.4) is 0 Å². The monoisotopic (exact) mass is 887 g/mol. The third-order valence-corrected chi connectivity index (χ3v) is 9.13. The molecule has 0 aliphatic heterocycles. The Bertz CT molecular complexity index is 2030. The zero-order valence-corrected chi connectivity index (χ0v) is 29.8. The molecule has 23 heteroatoms. The smallest absolute Gasteiger partial charge is 0.222 e. The van der Waals surface area contributed by atoms with Gasteiger partial charge in [0.25, 0.3) is 0 Å². The third-order valence-electron chi connectivity index (χ3n) is 9.13. The Labute approximate surface area is 324 Å². The normalized spacial score (nSPS) is 11.6. The van der Waals surface area contributed by atoms with Gasteiger partial charge in [-0.1, -0.05) is 38.7 Å². The number of nitrogens with zero attached hydrogens (tertiary/aromatic N) is 1. The summed E-state index contributed by atoms with van der Waals surface area (Å²) in [5, 5.41) is 0. The maximum Gasteiger partial charge on any atom is 0.222 e. The molecule has 1 heterocycles. The summed E-state index contributed by atoms with van der Waals surface area (Å²) in [6, 6.07) is 5.94. The number of benzene rings is 4. The molecule has 5 rings (SSSR count). The van der Waals surface area contributed by atoms with Gasteiger partial charge in [-0.15, -0.1) is 21.9 Å². The molecule has 0 bridgehead atoms. The zero-order valence-electron chi connectivity index (χ0n) is 29.8. The first-order chi connectivity index (χ1) is 28.1. The van der Waals surface area contributed by atoms with Crippen molar-refractivity contribution in [2.45, 2.75) is 45.4 Å². The number of rotatable bonds is 12. The molecule has 0 aliphatic rings. The molecule has 0 radical (unpaired) electrons. The van der Waals surface area contributed by atoms with Crippen LogP contribution in [0.2, 0.25) is 0 Å². The molecule has 60 heavy (non-hydrogen) atoms. The SMILES string of the molecule is CCCCCCCCO[n+]1ccccc1.Fc1c(F)c(F)c([B-](c2c(F)c(F)c(F)c(F)c2F)(c2c(F)c(F)c(F)c(F)c2F)c2c(F)c(F)c(F)c(F)c2F)c(F)c1F. The van der Waals surface area contributed by atoms with E-state index in [9.17, 15) is 52.7 Å². The largest absolute Gasteiger partial charge is 0.271 e. The van der Waals surface area contributed by atoms with Crippen LogP contribution in [-0.2, 0) is 0 Å². The van der Waals surface area contributed by atoms with Crippen molar-refractivity contribution in [1.29, 1.82) is 0 Å². The fraction of sp³-hybridized carbons (Fsp3) is 0.216. The quantitative estimate of drug-likeness (QED) is 0.0306. The van der Waals surface area contributed by atoms with Gasteiger partial charge >= 0.3 is 0 Å². The second kappa shape index (κ2) is 18.8. The van der Waals surface area contributed by atoms with E-state index in [1.807, 2.05) is 30.6 Å². The van der Waals surface area contributed by atoms with Crippen molar-refractivity contribution in [3.05, 3.63) is 147 Å². The average Bonchev–Trinajstić information content (AvgIpc) is 3.23. The van der Waals surface area contributed by atoms with Crippen LogP contribution in [-0.4, -0.2) is 12.8 Å². The van der Waals surface area contributed by atoms with Crippen molar-refractivity contribution >= 4 is 28.0 Å². The Kier molecular flexibility index (Phi) is 14.8. The second-order valence-electron chi connectivity index (χ2n) is 12.6. The molecule has 0 spiro atoms. The summed E-state index contributed by atoms with van der Waals surface area (Å²) in [7, 11) is 0. The molecule has 0 N–H and O–H groups in total. The van der Waals surface area contributed by atoms with Gasteiger partial charge in [0.1, 0.15) is 52.7 Å². The molecular weight excluding hydrogens is 865 g/mol. The Morgan fingerprint density at radius 3 is 0.833 bits per heavy atom. The molecule has 4 aromatic carbocycles. The number of hydrogen-bond acceptors (Lipinski definition) is 1. The number of pyridine rings is 1. The molecule has 0 amide bonds. The van der Waals surface area contributed by atoms with Crippen LogP contribution in [0.15, 0.2) is 30.6 Å². The molecule has 0 aliphatic carbocycles. The summed E-state index contributed by atoms with van der Waals surface area (Å²) < 4.78 is 296. The van der Waals surface area contributed by atoms with E-state index >= 15 is 35.1 Å². The van der Waals surface area contributed by atoms with Crippen LogP contribution >= 0.6 is 0 Å². The highest BCUT2D eigenvalue weighted by atomic mass is 19.2. The van der Waals surface area contributed by atoms with Crippen molar-refractivity contribution in [3.63, 3.8) is 0 Å². The predicted octanol–water partition coefficient (Wildman–Crippen LogP) is 8.61. The van der Waals surface area contributed by atoms with Crippen LogP contribution in [0.25, 0.3) is 0 Å². The fourth-order valence-corrected chi connectivity index (χ4v) is 6.40. The Balaban J connectivity index is 0.000000445. The Morgan fingerprint density at radius 1 is 0.333 bits per heavy atom. The first-order valence-electron chi connectivity index (χ1n) is 17.0. The van der Waals surface area contributed by atoms with E-state index in [2.05, 4.69) is 6.92 Å². The molecule has 0 saturated heterocycles. The number of unbranched alkanes of at least 4 members (excludes halogenated alkanes) is 5. The van der Waals surface area contributed by atoms with Crippen molar-refractivity contribution in [3.8, 4) is 0 Å². The van der Waals surface area contributed by atoms with Gasteiger partial charge in [0.05, 0.1) is 0 Å². The summed E-state index contributed by atoms with van der Waals surface area (Å²) in [5.41, 5.74) is -14.3. The van der Waals surface area contributed by atoms with Crippen LogP contribution in [0.4, 0.5) is 87.8 Å². The van der Waals surface area contributed by atoms with E-state index in [0.29, 0.717) is 0 Å². The standard InChI is InChI=1S/C24BF20.C13H22NO/c26-5-1(6(27)14(35)21(42)13(5)34)25(2-7(28)15(36)22(43)16(37)8(2)29,3-9(30)17(38)23(44)18(39)10(3)31)4-11(32)19(40)24(45)20(41)12(4)33;1-2-3-4-5-6-10-13-15-14-11-8-7-9-12-14/h;7-9,11-12H,2-6,10,13H2,1H3/q-1;+1. The van der Waals surface area contributed by atoms with Crippen molar-refractivity contribution in [2.75, 3.05) is 6.61 Å². The van der Waals surface area contributed by atoms with Crippen LogP contribution < -0.4 is 31.4 Å². The average molecular weight is 887 g/mol. The van der Waals surface area contributed by atoms with E-state index in [1.165, 1.54) is 32.1 Å². The molecule has 324 valence electrons. The Hall–Kier alpha value is -5.51. The highest BCUT2D eigenvalue weighted by Crippen LogP contribution is 2.30. The number of hydrogen-bond donors (Lipinski definition) is 0. The lowest BCUT2D eigenvalue weighted by molar-refractivity contribution is -0.891. The molecule has 1 aromatic heterocycles. The number of halogens is 20. The zero-order chi connectivity index (χ0) is 45.1. The molecule has 5 aromatic rings. The van der Waals surface area contributed by atoms with Gasteiger partial charge in [0.2, 0.25) is 12.4 Å². The first-order valence-corrected chi connectivity index (χ1v) is 17.0. The molecule has 0 saturated carbocycles. The lowest BCUT2D eigenvalue weighted by Crippen LogP contribution is -2.81. The van der Waals surface area contributed by atoms with Crippen molar-refractivity contribution in [2.24, 2.45) is 0 Å². The van der Waals surface area contributed by atoms with Gasteiger partial charge in [0, 0.05) is 16.9 Å². The third kappa shape index (κ3) is 8.05. The lowest BCUT2D eigenvalue weighted by atomic mass is 9.12. The van der Waals surface area contributed by atoms with Crippen LogP contribution in [0.1, 0.15) is 45.4 Å². The minimum absolute atomic E-state index is 0.820. The molecular formula is C37H22BF20NO. The molecule has 0 fully saturated rings. The Morgan fingerprint density at radius 2 is 0.567 bits per heavy atom. The van der Waals surface area contributed by atoms with E-state index in [4.69, 9.17) is 4.84 Å². The van der Waals surface area contributed by atoms with Crippen molar-refractivity contribution in [1.82, 2.24) is 0 Å². The van der Waals surface area contributed by atoms with Gasteiger partial charge in [-0.25, -0.2) is 87.8 Å². The summed E-state index contributed by atoms with van der Waals surface area (Å²) in [4.78, 5) is 5.53. The maximum atomic E-state index is 15.4. The second-order valence-corrected chi connectivity index (χ2v) is 12.6. The summed E-state index contributed by atoms with van der Waals surface area (Å²) in [6.45, 7) is 3.07. The van der Waals surface area contributed by atoms with E-state index in [-0.39, 0.29) is 0 Å².